The van der Waals surface area contributed by atoms with E-state index >= 15 is 0 Å². The van der Waals surface area contributed by atoms with Crippen LogP contribution in [0.25, 0.3) is 0 Å². The van der Waals surface area contributed by atoms with E-state index in [1.807, 2.05) is 26.0 Å². The summed E-state index contributed by atoms with van der Waals surface area (Å²) in [6, 6.07) is 13.1. The van der Waals surface area contributed by atoms with Crippen molar-refractivity contribution < 1.29 is 18.0 Å². The summed E-state index contributed by atoms with van der Waals surface area (Å²) in [4.78, 5) is 27.6. The molecule has 3 aliphatic rings. The molecule has 1 N–H and O–H groups in total. The van der Waals surface area contributed by atoms with Gasteiger partial charge in [0.2, 0.25) is 21.8 Å². The lowest BCUT2D eigenvalue weighted by molar-refractivity contribution is -0.127. The molecule has 2 aromatic carbocycles. The van der Waals surface area contributed by atoms with Crippen molar-refractivity contribution >= 4 is 27.5 Å². The molecular formula is C27H33N3O4S. The third-order valence-corrected chi connectivity index (χ3v) is 9.78. The number of benzene rings is 2. The number of nitrogens with one attached hydrogen (secondary N) is 1. The summed E-state index contributed by atoms with van der Waals surface area (Å²) >= 11 is 0. The maximum absolute atomic E-state index is 13.6. The third kappa shape index (κ3) is 4.06. The molecule has 7 nitrogen and oxygen atoms in total. The Hall–Kier alpha value is -2.71. The van der Waals surface area contributed by atoms with Crippen LogP contribution in [0.3, 0.4) is 0 Å². The van der Waals surface area contributed by atoms with Crippen LogP contribution in [0.5, 0.6) is 0 Å². The molecule has 0 bridgehead atoms. The first-order valence-corrected chi connectivity index (χ1v) is 13.9. The number of anilines is 1. The van der Waals surface area contributed by atoms with E-state index in [0.29, 0.717) is 24.9 Å². The maximum Gasteiger partial charge on any atom is 0.243 e. The van der Waals surface area contributed by atoms with Crippen LogP contribution in [0.1, 0.15) is 62.3 Å². The van der Waals surface area contributed by atoms with Gasteiger partial charge in [0.05, 0.1) is 22.3 Å². The number of nitrogens with zero attached hydrogens (tertiary/aromatic N) is 2. The van der Waals surface area contributed by atoms with Gasteiger partial charge in [-0.25, -0.2) is 8.42 Å². The molecule has 186 valence electrons. The van der Waals surface area contributed by atoms with Crippen molar-refractivity contribution in [2.45, 2.75) is 62.3 Å². The van der Waals surface area contributed by atoms with Crippen LogP contribution in [0, 0.1) is 5.92 Å². The fraction of sp³-hybridized carbons (Fsp3) is 0.481. The standard InChI is InChI=1S/C27H33N3O4S/c1-27(2)22-16-20(13-14-24(22)29(3)26(27)32)35(33,34)30-15-7-10-19(17-30)25(31)28-23-12-6-9-18-8-4-5-11-21(18)23/h4-5,8,11,13-14,16,19,23H,6-7,9-10,12,15,17H2,1-3H3,(H,28,31)/t19-,23-/m1/s1. The topological polar surface area (TPSA) is 86.8 Å². The highest BCUT2D eigenvalue weighted by molar-refractivity contribution is 7.89. The lowest BCUT2D eigenvalue weighted by atomic mass is 9.86. The number of carbonyl (C=O) groups excluding carboxylic acids is 2. The largest absolute Gasteiger partial charge is 0.349 e. The molecule has 0 radical (unpaired) electrons. The second kappa shape index (κ2) is 8.75. The minimum Gasteiger partial charge on any atom is -0.349 e. The van der Waals surface area contributed by atoms with E-state index < -0.39 is 15.4 Å². The average Bonchev–Trinajstić information content (AvgIpc) is 3.04. The number of sulfonamides is 1. The number of aryl methyl sites for hydroxylation is 1. The highest BCUT2D eigenvalue weighted by atomic mass is 32.2. The molecule has 0 unspecified atom stereocenters. The molecule has 2 aromatic rings. The van der Waals surface area contributed by atoms with E-state index in [1.54, 1.807) is 30.1 Å². The molecule has 1 saturated heterocycles. The fourth-order valence-corrected chi connectivity index (χ4v) is 7.38. The normalized spacial score (nSPS) is 24.1. The molecule has 0 saturated carbocycles. The predicted octanol–water partition coefficient (Wildman–Crippen LogP) is 3.54. The summed E-state index contributed by atoms with van der Waals surface area (Å²) in [5.74, 6) is -0.513. The number of hydrogen-bond donors (Lipinski definition) is 1. The number of fused-ring (bicyclic) bond motifs is 2. The number of amides is 2. The molecule has 35 heavy (non-hydrogen) atoms. The Morgan fingerprint density at radius 3 is 2.66 bits per heavy atom. The maximum atomic E-state index is 13.6. The molecule has 1 aliphatic carbocycles. The predicted molar refractivity (Wildman–Crippen MR) is 135 cm³/mol. The molecule has 2 aliphatic heterocycles. The Morgan fingerprint density at radius 2 is 1.86 bits per heavy atom. The van der Waals surface area contributed by atoms with Gasteiger partial charge in [-0.2, -0.15) is 4.31 Å². The van der Waals surface area contributed by atoms with E-state index in [-0.39, 0.29) is 35.2 Å². The molecule has 1 fully saturated rings. The third-order valence-electron chi connectivity index (χ3n) is 7.92. The lowest BCUT2D eigenvalue weighted by Crippen LogP contribution is -2.46. The molecule has 2 amide bonds. The summed E-state index contributed by atoms with van der Waals surface area (Å²) in [5.41, 5.74) is 3.13. The van der Waals surface area contributed by atoms with Gasteiger partial charge in [0, 0.05) is 25.8 Å². The second-order valence-electron chi connectivity index (χ2n) is 10.5. The van der Waals surface area contributed by atoms with Gasteiger partial charge >= 0.3 is 0 Å². The van der Waals surface area contributed by atoms with Gasteiger partial charge in [-0.05, 0) is 80.8 Å². The zero-order chi connectivity index (χ0) is 25.0. The zero-order valence-corrected chi connectivity index (χ0v) is 21.4. The summed E-state index contributed by atoms with van der Waals surface area (Å²) < 4.78 is 28.6. The van der Waals surface area contributed by atoms with Crippen LogP contribution in [0.4, 0.5) is 5.69 Å². The molecule has 5 rings (SSSR count). The van der Waals surface area contributed by atoms with Crippen LogP contribution in [-0.2, 0) is 31.4 Å². The first kappa shape index (κ1) is 24.0. The van der Waals surface area contributed by atoms with Crippen LogP contribution >= 0.6 is 0 Å². The van der Waals surface area contributed by atoms with Gasteiger partial charge in [-0.1, -0.05) is 24.3 Å². The highest BCUT2D eigenvalue weighted by Crippen LogP contribution is 2.42. The fourth-order valence-electron chi connectivity index (χ4n) is 5.83. The van der Waals surface area contributed by atoms with Crippen molar-refractivity contribution in [3.63, 3.8) is 0 Å². The Bertz CT molecular complexity index is 1290. The van der Waals surface area contributed by atoms with Gasteiger partial charge in [-0.15, -0.1) is 0 Å². The first-order valence-electron chi connectivity index (χ1n) is 12.4. The van der Waals surface area contributed by atoms with Crippen molar-refractivity contribution in [1.29, 1.82) is 0 Å². The number of hydrogen-bond acceptors (Lipinski definition) is 4. The van der Waals surface area contributed by atoms with E-state index in [1.165, 1.54) is 15.4 Å². The molecule has 0 aromatic heterocycles. The Kier molecular flexibility index (Phi) is 6.00. The number of carbonyl (C=O) groups is 2. The lowest BCUT2D eigenvalue weighted by Gasteiger charge is -2.33. The highest BCUT2D eigenvalue weighted by Gasteiger charge is 2.43. The minimum atomic E-state index is -3.79. The molecule has 2 heterocycles. The second-order valence-corrected chi connectivity index (χ2v) is 12.5. The quantitative estimate of drug-likeness (QED) is 0.703. The molecule has 2 atom stereocenters. The summed E-state index contributed by atoms with van der Waals surface area (Å²) in [7, 11) is -2.08. The van der Waals surface area contributed by atoms with Gasteiger partial charge < -0.3 is 10.2 Å². The zero-order valence-electron chi connectivity index (χ0n) is 20.6. The Labute approximate surface area is 207 Å². The van der Waals surface area contributed by atoms with Crippen molar-refractivity contribution in [1.82, 2.24) is 9.62 Å². The van der Waals surface area contributed by atoms with E-state index in [9.17, 15) is 18.0 Å². The molecule has 8 heteroatoms. The Morgan fingerprint density at radius 1 is 1.09 bits per heavy atom. The number of likely N-dealkylation sites (N-methyl/N-ethyl adjacent to an activating group) is 1. The smallest absolute Gasteiger partial charge is 0.243 e. The minimum absolute atomic E-state index is 0.0205. The van der Waals surface area contributed by atoms with E-state index in [4.69, 9.17) is 0 Å². The Balaban J connectivity index is 1.34. The van der Waals surface area contributed by atoms with Crippen molar-refractivity contribution in [2.24, 2.45) is 5.92 Å². The first-order chi connectivity index (χ1) is 16.6. The molecule has 0 spiro atoms. The van der Waals surface area contributed by atoms with E-state index in [0.717, 1.165) is 24.9 Å². The van der Waals surface area contributed by atoms with Gasteiger partial charge in [0.25, 0.3) is 0 Å². The number of piperidine rings is 1. The van der Waals surface area contributed by atoms with Crippen molar-refractivity contribution in [3.8, 4) is 0 Å². The van der Waals surface area contributed by atoms with Gasteiger partial charge in [-0.3, -0.25) is 9.59 Å². The van der Waals surface area contributed by atoms with Crippen LogP contribution < -0.4 is 10.2 Å². The van der Waals surface area contributed by atoms with Crippen molar-refractivity contribution in [2.75, 3.05) is 25.0 Å². The summed E-state index contributed by atoms with van der Waals surface area (Å²) in [5, 5.41) is 3.21. The summed E-state index contributed by atoms with van der Waals surface area (Å²) in [6.07, 6.45) is 4.25. The van der Waals surface area contributed by atoms with Crippen LogP contribution in [-0.4, -0.2) is 44.7 Å². The number of rotatable bonds is 4. The summed E-state index contributed by atoms with van der Waals surface area (Å²) in [6.45, 7) is 4.19. The molecular weight excluding hydrogens is 462 g/mol. The van der Waals surface area contributed by atoms with E-state index in [2.05, 4.69) is 17.4 Å². The monoisotopic (exact) mass is 495 g/mol. The van der Waals surface area contributed by atoms with Crippen LogP contribution in [0.15, 0.2) is 47.4 Å². The average molecular weight is 496 g/mol. The van der Waals surface area contributed by atoms with Gasteiger partial charge in [0.15, 0.2) is 0 Å². The van der Waals surface area contributed by atoms with Crippen molar-refractivity contribution in [3.05, 3.63) is 59.2 Å². The van der Waals surface area contributed by atoms with Gasteiger partial charge in [0.1, 0.15) is 0 Å². The van der Waals surface area contributed by atoms with Crippen LogP contribution in [0.2, 0.25) is 0 Å². The SMILES string of the molecule is CN1C(=O)C(C)(C)c2cc(S(=O)(=O)N3CCC[C@@H](C(=O)N[C@@H]4CCCc5ccccc54)C3)ccc21.